The molecule has 28 heavy (non-hydrogen) atoms. The first-order valence-corrected chi connectivity index (χ1v) is 10.6. The highest BCUT2D eigenvalue weighted by atomic mass is 16.5. The van der Waals surface area contributed by atoms with Crippen molar-refractivity contribution >= 4 is 11.8 Å². The van der Waals surface area contributed by atoms with Gasteiger partial charge in [-0.05, 0) is 38.3 Å². The number of carbonyl (C=O) groups excluding carboxylic acids is 2. The maximum absolute atomic E-state index is 12.8. The van der Waals surface area contributed by atoms with Gasteiger partial charge in [0.2, 0.25) is 5.91 Å². The Kier molecular flexibility index (Phi) is 7.57. The third-order valence-corrected chi connectivity index (χ3v) is 5.61. The quantitative estimate of drug-likeness (QED) is 0.751. The minimum Gasteiger partial charge on any atom is -0.490 e. The standard InChI is InChI=1S/C22H32N2O4/c1-2-27-19-11-6-7-12-20(19)28-17-21(25)23-13-8-14-24(16-15-23)22(26)18-9-4-3-5-10-18/h6-7,11-12,18H,2-5,8-10,13-17H2,1H3. The van der Waals surface area contributed by atoms with Gasteiger partial charge in [-0.3, -0.25) is 9.59 Å². The van der Waals surface area contributed by atoms with Crippen LogP contribution in [0.1, 0.15) is 45.4 Å². The van der Waals surface area contributed by atoms with Crippen molar-refractivity contribution in [3.8, 4) is 11.5 Å². The minimum absolute atomic E-state index is 0.0132. The van der Waals surface area contributed by atoms with Gasteiger partial charge in [0, 0.05) is 32.1 Å². The average Bonchev–Trinajstić information content (AvgIpc) is 2.99. The zero-order chi connectivity index (χ0) is 19.8. The molecule has 0 bridgehead atoms. The van der Waals surface area contributed by atoms with Crippen LogP contribution in [0, 0.1) is 5.92 Å². The topological polar surface area (TPSA) is 59.1 Å². The van der Waals surface area contributed by atoms with Gasteiger partial charge in [0.1, 0.15) is 0 Å². The van der Waals surface area contributed by atoms with E-state index >= 15 is 0 Å². The van der Waals surface area contributed by atoms with Crippen molar-refractivity contribution in [3.05, 3.63) is 24.3 Å². The predicted octanol–water partition coefficient (Wildman–Crippen LogP) is 3.11. The number of amides is 2. The molecule has 2 fully saturated rings. The summed E-state index contributed by atoms with van der Waals surface area (Å²) in [7, 11) is 0. The lowest BCUT2D eigenvalue weighted by atomic mass is 9.88. The van der Waals surface area contributed by atoms with Gasteiger partial charge in [-0.2, -0.15) is 0 Å². The second kappa shape index (κ2) is 10.3. The second-order valence-corrected chi connectivity index (χ2v) is 7.56. The van der Waals surface area contributed by atoms with E-state index in [9.17, 15) is 9.59 Å². The van der Waals surface area contributed by atoms with Crippen LogP contribution in [0.25, 0.3) is 0 Å². The van der Waals surface area contributed by atoms with Crippen LogP contribution in [0.3, 0.4) is 0 Å². The Morgan fingerprint density at radius 2 is 1.54 bits per heavy atom. The van der Waals surface area contributed by atoms with Crippen molar-refractivity contribution in [2.24, 2.45) is 5.92 Å². The van der Waals surface area contributed by atoms with E-state index in [-0.39, 0.29) is 24.3 Å². The third kappa shape index (κ3) is 5.40. The lowest BCUT2D eigenvalue weighted by molar-refractivity contribution is -0.137. The van der Waals surface area contributed by atoms with Crippen LogP contribution in [-0.4, -0.2) is 61.0 Å². The highest BCUT2D eigenvalue weighted by molar-refractivity contribution is 5.80. The van der Waals surface area contributed by atoms with Gasteiger partial charge in [0.15, 0.2) is 18.1 Å². The van der Waals surface area contributed by atoms with Crippen LogP contribution in [0.2, 0.25) is 0 Å². The summed E-state index contributed by atoms with van der Waals surface area (Å²) >= 11 is 0. The molecule has 0 radical (unpaired) electrons. The van der Waals surface area contributed by atoms with Crippen molar-refractivity contribution in [2.75, 3.05) is 39.4 Å². The molecular formula is C22H32N2O4. The van der Waals surface area contributed by atoms with Crippen molar-refractivity contribution in [1.82, 2.24) is 9.80 Å². The van der Waals surface area contributed by atoms with E-state index in [1.54, 1.807) is 0 Å². The van der Waals surface area contributed by atoms with Crippen LogP contribution < -0.4 is 9.47 Å². The molecule has 2 aliphatic rings. The van der Waals surface area contributed by atoms with Gasteiger partial charge in [-0.1, -0.05) is 31.4 Å². The molecule has 1 aliphatic heterocycles. The van der Waals surface area contributed by atoms with E-state index in [2.05, 4.69) is 0 Å². The monoisotopic (exact) mass is 388 g/mol. The van der Waals surface area contributed by atoms with Gasteiger partial charge in [0.25, 0.3) is 5.91 Å². The lowest BCUT2D eigenvalue weighted by Gasteiger charge is -2.28. The van der Waals surface area contributed by atoms with Crippen molar-refractivity contribution in [3.63, 3.8) is 0 Å². The Hall–Kier alpha value is -2.24. The number of ether oxygens (including phenoxy) is 2. The number of hydrogen-bond donors (Lipinski definition) is 0. The van der Waals surface area contributed by atoms with Crippen molar-refractivity contribution in [1.29, 1.82) is 0 Å². The van der Waals surface area contributed by atoms with Crippen molar-refractivity contribution in [2.45, 2.75) is 45.4 Å². The molecule has 0 unspecified atom stereocenters. The fraction of sp³-hybridized carbons (Fsp3) is 0.636. The normalized spacial score (nSPS) is 18.5. The maximum atomic E-state index is 12.8. The van der Waals surface area contributed by atoms with Gasteiger partial charge in [-0.15, -0.1) is 0 Å². The summed E-state index contributed by atoms with van der Waals surface area (Å²) < 4.78 is 11.3. The highest BCUT2D eigenvalue weighted by Crippen LogP contribution is 2.27. The number of carbonyl (C=O) groups is 2. The molecule has 0 N–H and O–H groups in total. The molecule has 6 nitrogen and oxygen atoms in total. The molecule has 1 aliphatic carbocycles. The molecule has 1 saturated carbocycles. The second-order valence-electron chi connectivity index (χ2n) is 7.56. The maximum Gasteiger partial charge on any atom is 0.260 e. The average molecular weight is 389 g/mol. The first kappa shape index (κ1) is 20.5. The molecule has 1 aromatic rings. The molecule has 0 atom stereocenters. The van der Waals surface area contributed by atoms with E-state index in [1.807, 2.05) is 41.0 Å². The summed E-state index contributed by atoms with van der Waals surface area (Å²) in [4.78, 5) is 29.2. The third-order valence-electron chi connectivity index (χ3n) is 5.61. The lowest BCUT2D eigenvalue weighted by Crippen LogP contribution is -2.41. The van der Waals surface area contributed by atoms with Crippen LogP contribution in [0.4, 0.5) is 0 Å². The van der Waals surface area contributed by atoms with E-state index in [0.29, 0.717) is 37.7 Å². The molecule has 1 heterocycles. The molecule has 2 amide bonds. The van der Waals surface area contributed by atoms with Crippen molar-refractivity contribution < 1.29 is 19.1 Å². The van der Waals surface area contributed by atoms with Gasteiger partial charge in [-0.25, -0.2) is 0 Å². The van der Waals surface area contributed by atoms with Crippen LogP contribution in [-0.2, 0) is 9.59 Å². The summed E-state index contributed by atoms with van der Waals surface area (Å²) in [5.74, 6) is 1.67. The van der Waals surface area contributed by atoms with Crippen LogP contribution in [0.15, 0.2) is 24.3 Å². The Morgan fingerprint density at radius 3 is 2.25 bits per heavy atom. The molecule has 6 heteroatoms. The molecule has 0 spiro atoms. The zero-order valence-electron chi connectivity index (χ0n) is 16.9. The Bertz CT molecular complexity index is 658. The minimum atomic E-state index is -0.0433. The smallest absolute Gasteiger partial charge is 0.260 e. The van der Waals surface area contributed by atoms with E-state index in [0.717, 1.165) is 38.6 Å². The fourth-order valence-corrected chi connectivity index (χ4v) is 4.07. The molecule has 1 saturated heterocycles. The largest absolute Gasteiger partial charge is 0.490 e. The molecule has 3 rings (SSSR count). The van der Waals surface area contributed by atoms with E-state index < -0.39 is 0 Å². The summed E-state index contributed by atoms with van der Waals surface area (Å²) in [5.41, 5.74) is 0. The van der Waals surface area contributed by atoms with E-state index in [1.165, 1.54) is 6.42 Å². The van der Waals surface area contributed by atoms with E-state index in [4.69, 9.17) is 9.47 Å². The molecule has 1 aromatic carbocycles. The Morgan fingerprint density at radius 1 is 0.893 bits per heavy atom. The first-order valence-electron chi connectivity index (χ1n) is 10.6. The number of nitrogens with zero attached hydrogens (tertiary/aromatic N) is 2. The Balaban J connectivity index is 1.49. The highest BCUT2D eigenvalue weighted by Gasteiger charge is 2.28. The van der Waals surface area contributed by atoms with Crippen LogP contribution in [0.5, 0.6) is 11.5 Å². The van der Waals surface area contributed by atoms with Crippen LogP contribution >= 0.6 is 0 Å². The SMILES string of the molecule is CCOc1ccccc1OCC(=O)N1CCCN(C(=O)C2CCCCC2)CC1. The Labute approximate surface area is 167 Å². The number of benzene rings is 1. The number of rotatable bonds is 6. The first-order chi connectivity index (χ1) is 13.7. The van der Waals surface area contributed by atoms with Gasteiger partial charge < -0.3 is 19.3 Å². The predicted molar refractivity (Wildman–Crippen MR) is 107 cm³/mol. The zero-order valence-corrected chi connectivity index (χ0v) is 16.9. The summed E-state index contributed by atoms with van der Waals surface area (Å²) in [5, 5.41) is 0. The van der Waals surface area contributed by atoms with Gasteiger partial charge in [0.05, 0.1) is 6.61 Å². The molecule has 154 valence electrons. The number of hydrogen-bond acceptors (Lipinski definition) is 4. The fourth-order valence-electron chi connectivity index (χ4n) is 4.07. The number of para-hydroxylation sites is 2. The summed E-state index contributed by atoms with van der Waals surface area (Å²) in [6.45, 7) is 5.06. The summed E-state index contributed by atoms with van der Waals surface area (Å²) in [6, 6.07) is 7.39. The molecule has 0 aromatic heterocycles. The van der Waals surface area contributed by atoms with Gasteiger partial charge >= 0.3 is 0 Å². The molecular weight excluding hydrogens is 356 g/mol. The summed E-state index contributed by atoms with van der Waals surface area (Å²) in [6.07, 6.45) is 6.43.